The van der Waals surface area contributed by atoms with E-state index in [1.54, 1.807) is 0 Å². The highest BCUT2D eigenvalue weighted by Crippen LogP contribution is 2.29. The van der Waals surface area contributed by atoms with Crippen LogP contribution < -0.4 is 0 Å². The number of rotatable bonds is 3. The lowest BCUT2D eigenvalue weighted by Crippen LogP contribution is -2.18. The van der Waals surface area contributed by atoms with Crippen LogP contribution in [0, 0.1) is 11.8 Å². The van der Waals surface area contributed by atoms with Crippen LogP contribution in [0.2, 0.25) is 0 Å². The molecule has 1 unspecified atom stereocenters. The highest BCUT2D eigenvalue weighted by molar-refractivity contribution is 4.70. The van der Waals surface area contributed by atoms with Crippen LogP contribution in [0.25, 0.3) is 0 Å². The molecule has 0 radical (unpaired) electrons. The molecule has 1 fully saturated rings. The normalized spacial score (nSPS) is 25.2. The van der Waals surface area contributed by atoms with Crippen molar-refractivity contribution >= 4 is 0 Å². The maximum absolute atomic E-state index is 9.35. The Labute approximate surface area is 76.2 Å². The maximum atomic E-state index is 9.35. The molecule has 0 bridgehead atoms. The molecular formula is C11H22O. The van der Waals surface area contributed by atoms with Crippen LogP contribution >= 0.6 is 0 Å². The molecule has 72 valence electrons. The lowest BCUT2D eigenvalue weighted by Gasteiger charge is -2.25. The van der Waals surface area contributed by atoms with Gasteiger partial charge in [0, 0.05) is 0 Å². The molecule has 1 heteroatoms. The molecule has 0 heterocycles. The molecule has 0 aromatic carbocycles. The highest BCUT2D eigenvalue weighted by Gasteiger charge is 2.18. The standard InChI is InChI=1S/C11H22O/c1-9(10(2)12)8-11-6-4-3-5-7-11/h9-12H,3-8H2,1-2H3/t9-,10?/m1/s1. The fraction of sp³-hybridized carbons (Fsp3) is 1.00. The topological polar surface area (TPSA) is 20.2 Å². The molecule has 0 amide bonds. The van der Waals surface area contributed by atoms with Crippen molar-refractivity contribution in [3.63, 3.8) is 0 Å². The molecule has 0 aromatic rings. The quantitative estimate of drug-likeness (QED) is 0.690. The Morgan fingerprint density at radius 2 is 1.75 bits per heavy atom. The van der Waals surface area contributed by atoms with Crippen LogP contribution in [0.1, 0.15) is 52.4 Å². The minimum Gasteiger partial charge on any atom is -0.393 e. The SMILES string of the molecule is CC(O)[C@H](C)CC1CCCCC1. The summed E-state index contributed by atoms with van der Waals surface area (Å²) in [7, 11) is 0. The third kappa shape index (κ3) is 3.14. The Bertz CT molecular complexity index is 114. The van der Waals surface area contributed by atoms with E-state index >= 15 is 0 Å². The van der Waals surface area contributed by atoms with Gasteiger partial charge < -0.3 is 5.11 Å². The zero-order valence-corrected chi connectivity index (χ0v) is 8.42. The van der Waals surface area contributed by atoms with Crippen molar-refractivity contribution in [3.8, 4) is 0 Å². The minimum atomic E-state index is -0.119. The summed E-state index contributed by atoms with van der Waals surface area (Å²) in [6.45, 7) is 4.08. The monoisotopic (exact) mass is 170 g/mol. The van der Waals surface area contributed by atoms with E-state index in [9.17, 15) is 5.11 Å². The van der Waals surface area contributed by atoms with Crippen molar-refractivity contribution in [2.45, 2.75) is 58.5 Å². The molecule has 12 heavy (non-hydrogen) atoms. The van der Waals surface area contributed by atoms with Crippen molar-refractivity contribution in [3.05, 3.63) is 0 Å². The smallest absolute Gasteiger partial charge is 0.0537 e. The largest absolute Gasteiger partial charge is 0.393 e. The van der Waals surface area contributed by atoms with E-state index in [-0.39, 0.29) is 6.10 Å². The Hall–Kier alpha value is -0.0400. The second-order valence-corrected chi connectivity index (χ2v) is 4.46. The average molecular weight is 170 g/mol. The average Bonchev–Trinajstić information content (AvgIpc) is 2.06. The number of hydrogen-bond donors (Lipinski definition) is 1. The molecule has 1 aliphatic rings. The van der Waals surface area contributed by atoms with Gasteiger partial charge in [-0.15, -0.1) is 0 Å². The van der Waals surface area contributed by atoms with Gasteiger partial charge in [-0.3, -0.25) is 0 Å². The first kappa shape index (κ1) is 10.0. The van der Waals surface area contributed by atoms with Crippen molar-refractivity contribution in [2.75, 3.05) is 0 Å². The van der Waals surface area contributed by atoms with Crippen LogP contribution in [0.15, 0.2) is 0 Å². The molecule has 1 N–H and O–H groups in total. The fourth-order valence-electron chi connectivity index (χ4n) is 2.15. The van der Waals surface area contributed by atoms with E-state index in [1.165, 1.54) is 38.5 Å². The van der Waals surface area contributed by atoms with Gasteiger partial charge in [0.25, 0.3) is 0 Å². The van der Waals surface area contributed by atoms with Gasteiger partial charge in [-0.05, 0) is 25.2 Å². The summed E-state index contributed by atoms with van der Waals surface area (Å²) in [5.41, 5.74) is 0. The molecule has 1 aliphatic carbocycles. The summed E-state index contributed by atoms with van der Waals surface area (Å²) in [6, 6.07) is 0. The molecule has 0 aliphatic heterocycles. The molecular weight excluding hydrogens is 148 g/mol. The van der Waals surface area contributed by atoms with E-state index in [0.717, 1.165) is 5.92 Å². The third-order valence-electron chi connectivity index (χ3n) is 3.25. The molecule has 1 nitrogen and oxygen atoms in total. The molecule has 0 spiro atoms. The van der Waals surface area contributed by atoms with Gasteiger partial charge in [-0.1, -0.05) is 39.0 Å². The summed E-state index contributed by atoms with van der Waals surface area (Å²) in [5, 5.41) is 9.35. The number of aliphatic hydroxyl groups is 1. The van der Waals surface area contributed by atoms with E-state index in [1.807, 2.05) is 6.92 Å². The van der Waals surface area contributed by atoms with E-state index < -0.39 is 0 Å². The van der Waals surface area contributed by atoms with Crippen LogP contribution in [0.5, 0.6) is 0 Å². The van der Waals surface area contributed by atoms with Crippen molar-refractivity contribution < 1.29 is 5.11 Å². The maximum Gasteiger partial charge on any atom is 0.0537 e. The van der Waals surface area contributed by atoms with Gasteiger partial charge in [0.05, 0.1) is 6.10 Å². The molecule has 1 rings (SSSR count). The van der Waals surface area contributed by atoms with Gasteiger partial charge in [0.1, 0.15) is 0 Å². The van der Waals surface area contributed by atoms with Crippen molar-refractivity contribution in [1.29, 1.82) is 0 Å². The Kier molecular flexibility index (Phi) is 4.07. The second-order valence-electron chi connectivity index (χ2n) is 4.46. The predicted molar refractivity (Wildman–Crippen MR) is 52.0 cm³/mol. The lowest BCUT2D eigenvalue weighted by atomic mass is 9.82. The van der Waals surface area contributed by atoms with Crippen molar-refractivity contribution in [1.82, 2.24) is 0 Å². The first-order valence-corrected chi connectivity index (χ1v) is 5.38. The van der Waals surface area contributed by atoms with Crippen LogP contribution in [0.4, 0.5) is 0 Å². The predicted octanol–water partition coefficient (Wildman–Crippen LogP) is 2.97. The van der Waals surface area contributed by atoms with Crippen LogP contribution in [0.3, 0.4) is 0 Å². The zero-order valence-electron chi connectivity index (χ0n) is 8.42. The van der Waals surface area contributed by atoms with Crippen LogP contribution in [-0.4, -0.2) is 11.2 Å². The number of hydrogen-bond acceptors (Lipinski definition) is 1. The summed E-state index contributed by atoms with van der Waals surface area (Å²) in [5.74, 6) is 1.40. The highest BCUT2D eigenvalue weighted by atomic mass is 16.3. The fourth-order valence-corrected chi connectivity index (χ4v) is 2.15. The summed E-state index contributed by atoms with van der Waals surface area (Å²) >= 11 is 0. The second kappa shape index (κ2) is 4.86. The van der Waals surface area contributed by atoms with E-state index in [0.29, 0.717) is 5.92 Å². The van der Waals surface area contributed by atoms with Gasteiger partial charge in [0.2, 0.25) is 0 Å². The zero-order chi connectivity index (χ0) is 8.97. The third-order valence-corrected chi connectivity index (χ3v) is 3.25. The molecule has 2 atom stereocenters. The Balaban J connectivity index is 2.20. The van der Waals surface area contributed by atoms with E-state index in [2.05, 4.69) is 6.92 Å². The molecule has 1 saturated carbocycles. The first-order valence-electron chi connectivity index (χ1n) is 5.38. The minimum absolute atomic E-state index is 0.119. The summed E-state index contributed by atoms with van der Waals surface area (Å²) in [6.07, 6.45) is 8.17. The summed E-state index contributed by atoms with van der Waals surface area (Å²) < 4.78 is 0. The van der Waals surface area contributed by atoms with Crippen LogP contribution in [-0.2, 0) is 0 Å². The van der Waals surface area contributed by atoms with Crippen molar-refractivity contribution in [2.24, 2.45) is 11.8 Å². The number of aliphatic hydroxyl groups excluding tert-OH is 1. The molecule has 0 saturated heterocycles. The lowest BCUT2D eigenvalue weighted by molar-refractivity contribution is 0.113. The van der Waals surface area contributed by atoms with Gasteiger partial charge in [-0.2, -0.15) is 0 Å². The van der Waals surface area contributed by atoms with Gasteiger partial charge in [-0.25, -0.2) is 0 Å². The van der Waals surface area contributed by atoms with Gasteiger partial charge >= 0.3 is 0 Å². The van der Waals surface area contributed by atoms with Gasteiger partial charge in [0.15, 0.2) is 0 Å². The molecule has 0 aromatic heterocycles. The Morgan fingerprint density at radius 3 is 2.25 bits per heavy atom. The summed E-state index contributed by atoms with van der Waals surface area (Å²) in [4.78, 5) is 0. The first-order chi connectivity index (χ1) is 5.70. The van der Waals surface area contributed by atoms with E-state index in [4.69, 9.17) is 0 Å². The Morgan fingerprint density at radius 1 is 1.17 bits per heavy atom.